The molecule has 0 fully saturated rings. The first-order valence-electron chi connectivity index (χ1n) is 6.68. The Morgan fingerprint density at radius 1 is 1.09 bits per heavy atom. The Morgan fingerprint density at radius 2 is 1.78 bits per heavy atom. The molecule has 2 aromatic rings. The van der Waals surface area contributed by atoms with Crippen LogP contribution in [0.5, 0.6) is 11.5 Å². The molecule has 0 aliphatic carbocycles. The van der Waals surface area contributed by atoms with Crippen LogP contribution in [0, 0.1) is 0 Å². The van der Waals surface area contributed by atoms with Crippen LogP contribution in [0.25, 0.3) is 0 Å². The molecule has 0 aliphatic heterocycles. The van der Waals surface area contributed by atoms with Crippen LogP contribution in [0.4, 0.5) is 8.78 Å². The Labute approximate surface area is 131 Å². The minimum Gasteiger partial charge on any atom is -0.484 e. The Kier molecular flexibility index (Phi) is 6.05. The number of nitrogens with zero attached hydrogens (tertiary/aromatic N) is 1. The molecular formula is C16H14F2N2O3. The van der Waals surface area contributed by atoms with E-state index in [1.165, 1.54) is 30.5 Å². The smallest absolute Gasteiger partial charge is 0.387 e. The molecule has 5 nitrogen and oxygen atoms in total. The van der Waals surface area contributed by atoms with E-state index in [0.717, 1.165) is 0 Å². The molecule has 0 spiro atoms. The van der Waals surface area contributed by atoms with Crippen LogP contribution in [0.1, 0.15) is 5.56 Å². The van der Waals surface area contributed by atoms with Gasteiger partial charge in [0.2, 0.25) is 0 Å². The first kappa shape index (κ1) is 16.4. The number of rotatable bonds is 7. The number of carbonyl (C=O) groups is 1. The first-order valence-corrected chi connectivity index (χ1v) is 6.68. The van der Waals surface area contributed by atoms with Crippen molar-refractivity contribution >= 4 is 12.1 Å². The van der Waals surface area contributed by atoms with Gasteiger partial charge < -0.3 is 9.47 Å². The standard InChI is InChI=1S/C16H14F2N2O3/c17-16(18)23-14-8-6-12(7-9-14)10-19-20-15(21)11-22-13-4-2-1-3-5-13/h1-10,16H,11H2,(H,20,21)/b19-10-. The molecule has 1 amide bonds. The Bertz CT molecular complexity index is 646. The molecule has 0 heterocycles. The van der Waals surface area contributed by atoms with Crippen LogP contribution in [0.2, 0.25) is 0 Å². The van der Waals surface area contributed by atoms with Crippen molar-refractivity contribution < 1.29 is 23.0 Å². The first-order chi connectivity index (χ1) is 11.1. The average Bonchev–Trinajstić information content (AvgIpc) is 2.55. The maximum absolute atomic E-state index is 12.0. The van der Waals surface area contributed by atoms with Crippen LogP contribution in [-0.2, 0) is 4.79 Å². The summed E-state index contributed by atoms with van der Waals surface area (Å²) in [4.78, 5) is 11.5. The fraction of sp³-hybridized carbons (Fsp3) is 0.125. The van der Waals surface area contributed by atoms with E-state index >= 15 is 0 Å². The predicted molar refractivity (Wildman–Crippen MR) is 80.7 cm³/mol. The van der Waals surface area contributed by atoms with Crippen molar-refractivity contribution in [3.8, 4) is 11.5 Å². The van der Waals surface area contributed by atoms with Gasteiger partial charge >= 0.3 is 6.61 Å². The van der Waals surface area contributed by atoms with Gasteiger partial charge in [-0.25, -0.2) is 5.43 Å². The molecule has 1 N–H and O–H groups in total. The van der Waals surface area contributed by atoms with Crippen LogP contribution in [-0.4, -0.2) is 25.3 Å². The molecule has 0 unspecified atom stereocenters. The fourth-order valence-electron chi connectivity index (χ4n) is 1.61. The van der Waals surface area contributed by atoms with Gasteiger partial charge in [0.05, 0.1) is 6.21 Å². The Balaban J connectivity index is 1.76. The second kappa shape index (κ2) is 8.47. The summed E-state index contributed by atoms with van der Waals surface area (Å²) in [5.74, 6) is 0.224. The third-order valence-electron chi connectivity index (χ3n) is 2.62. The van der Waals surface area contributed by atoms with Crippen LogP contribution < -0.4 is 14.9 Å². The van der Waals surface area contributed by atoms with Crippen molar-refractivity contribution in [3.63, 3.8) is 0 Å². The van der Waals surface area contributed by atoms with E-state index in [1.807, 2.05) is 6.07 Å². The molecule has 0 bridgehead atoms. The number of hydrazone groups is 1. The molecule has 0 saturated heterocycles. The minimum absolute atomic E-state index is 0.0532. The van der Waals surface area contributed by atoms with Crippen molar-refractivity contribution in [2.24, 2.45) is 5.10 Å². The van der Waals surface area contributed by atoms with Crippen molar-refractivity contribution in [1.29, 1.82) is 0 Å². The summed E-state index contributed by atoms with van der Waals surface area (Å²) in [6.45, 7) is -3.03. The highest BCUT2D eigenvalue weighted by molar-refractivity contribution is 5.83. The van der Waals surface area contributed by atoms with Gasteiger partial charge in [-0.05, 0) is 42.0 Å². The highest BCUT2D eigenvalue weighted by Crippen LogP contribution is 2.13. The quantitative estimate of drug-likeness (QED) is 0.630. The van der Waals surface area contributed by atoms with E-state index in [1.54, 1.807) is 24.3 Å². The van der Waals surface area contributed by atoms with Crippen molar-refractivity contribution in [2.75, 3.05) is 6.61 Å². The van der Waals surface area contributed by atoms with Gasteiger partial charge in [-0.3, -0.25) is 4.79 Å². The molecule has 0 aliphatic rings. The van der Waals surface area contributed by atoms with E-state index < -0.39 is 12.5 Å². The zero-order valence-electron chi connectivity index (χ0n) is 12.0. The molecule has 2 rings (SSSR count). The zero-order valence-corrected chi connectivity index (χ0v) is 12.0. The molecular weight excluding hydrogens is 306 g/mol. The normalized spacial score (nSPS) is 10.7. The molecule has 2 aromatic carbocycles. The molecule has 120 valence electrons. The summed E-state index contributed by atoms with van der Waals surface area (Å²) in [6, 6.07) is 14.7. The highest BCUT2D eigenvalue weighted by atomic mass is 19.3. The summed E-state index contributed by atoms with van der Waals surface area (Å²) < 4.78 is 33.5. The number of ether oxygens (including phenoxy) is 2. The lowest BCUT2D eigenvalue weighted by Crippen LogP contribution is -2.24. The Morgan fingerprint density at radius 3 is 2.43 bits per heavy atom. The maximum atomic E-state index is 12.0. The molecule has 0 atom stereocenters. The molecule has 0 radical (unpaired) electrons. The summed E-state index contributed by atoms with van der Waals surface area (Å²) in [5.41, 5.74) is 2.92. The lowest BCUT2D eigenvalue weighted by molar-refractivity contribution is -0.123. The summed E-state index contributed by atoms with van der Waals surface area (Å²) in [6.07, 6.45) is 1.38. The number of hydrogen-bond donors (Lipinski definition) is 1. The van der Waals surface area contributed by atoms with Crippen LogP contribution >= 0.6 is 0 Å². The van der Waals surface area contributed by atoms with Gasteiger partial charge in [-0.15, -0.1) is 0 Å². The van der Waals surface area contributed by atoms with Crippen molar-refractivity contribution in [2.45, 2.75) is 6.61 Å². The Hall–Kier alpha value is -2.96. The number of benzene rings is 2. The molecule has 7 heteroatoms. The minimum atomic E-state index is -2.86. The van der Waals surface area contributed by atoms with Gasteiger partial charge in [0.15, 0.2) is 6.61 Å². The second-order valence-corrected chi connectivity index (χ2v) is 4.34. The number of carbonyl (C=O) groups excluding carboxylic acids is 1. The maximum Gasteiger partial charge on any atom is 0.387 e. The van der Waals surface area contributed by atoms with E-state index in [9.17, 15) is 13.6 Å². The number of alkyl halides is 2. The number of nitrogens with one attached hydrogen (secondary N) is 1. The van der Waals surface area contributed by atoms with Crippen molar-refractivity contribution in [3.05, 3.63) is 60.2 Å². The van der Waals surface area contributed by atoms with Gasteiger partial charge in [0, 0.05) is 0 Å². The highest BCUT2D eigenvalue weighted by Gasteiger charge is 2.03. The molecule has 23 heavy (non-hydrogen) atoms. The van der Waals surface area contributed by atoms with Gasteiger partial charge in [0.1, 0.15) is 11.5 Å². The van der Waals surface area contributed by atoms with Gasteiger partial charge in [0.25, 0.3) is 5.91 Å². The zero-order chi connectivity index (χ0) is 16.5. The fourth-order valence-corrected chi connectivity index (χ4v) is 1.61. The van der Waals surface area contributed by atoms with E-state index in [2.05, 4.69) is 15.3 Å². The van der Waals surface area contributed by atoms with E-state index in [4.69, 9.17) is 4.74 Å². The summed E-state index contributed by atoms with van der Waals surface area (Å²) in [5, 5.41) is 3.75. The van der Waals surface area contributed by atoms with Gasteiger partial charge in [-0.1, -0.05) is 18.2 Å². The number of para-hydroxylation sites is 1. The number of hydrogen-bond acceptors (Lipinski definition) is 4. The third-order valence-corrected chi connectivity index (χ3v) is 2.62. The summed E-state index contributed by atoms with van der Waals surface area (Å²) in [7, 11) is 0. The van der Waals surface area contributed by atoms with Crippen LogP contribution in [0.15, 0.2) is 59.7 Å². The summed E-state index contributed by atoms with van der Waals surface area (Å²) >= 11 is 0. The SMILES string of the molecule is O=C(COc1ccccc1)N/N=C\c1ccc(OC(F)F)cc1. The van der Waals surface area contributed by atoms with Crippen molar-refractivity contribution in [1.82, 2.24) is 5.43 Å². The number of halogens is 2. The second-order valence-electron chi connectivity index (χ2n) is 4.34. The van der Waals surface area contributed by atoms with E-state index in [0.29, 0.717) is 11.3 Å². The monoisotopic (exact) mass is 320 g/mol. The van der Waals surface area contributed by atoms with Crippen LogP contribution in [0.3, 0.4) is 0 Å². The third kappa shape index (κ3) is 6.13. The topological polar surface area (TPSA) is 59.9 Å². The average molecular weight is 320 g/mol. The molecule has 0 aromatic heterocycles. The lowest BCUT2D eigenvalue weighted by atomic mass is 10.2. The lowest BCUT2D eigenvalue weighted by Gasteiger charge is -2.04. The number of amides is 1. The molecule has 0 saturated carbocycles. The largest absolute Gasteiger partial charge is 0.484 e. The predicted octanol–water partition coefficient (Wildman–Crippen LogP) is 2.82. The van der Waals surface area contributed by atoms with E-state index in [-0.39, 0.29) is 12.4 Å². The van der Waals surface area contributed by atoms with Gasteiger partial charge in [-0.2, -0.15) is 13.9 Å².